The van der Waals surface area contributed by atoms with E-state index in [2.05, 4.69) is 10.6 Å². The molecule has 6 heteroatoms. The van der Waals surface area contributed by atoms with Gasteiger partial charge in [-0.15, -0.1) is 0 Å². The highest BCUT2D eigenvalue weighted by atomic mass is 35.5. The summed E-state index contributed by atoms with van der Waals surface area (Å²) in [6, 6.07) is 10.0. The van der Waals surface area contributed by atoms with Crippen molar-refractivity contribution in [2.24, 2.45) is 0 Å². The van der Waals surface area contributed by atoms with Crippen LogP contribution in [0.5, 0.6) is 5.75 Å². The monoisotopic (exact) mass is 302 g/mol. The van der Waals surface area contributed by atoms with E-state index >= 15 is 0 Å². The molecule has 0 spiro atoms. The Morgan fingerprint density at radius 2 is 1.86 bits per heavy atom. The quantitative estimate of drug-likeness (QED) is 0.761. The van der Waals surface area contributed by atoms with Crippen molar-refractivity contribution in [1.29, 1.82) is 0 Å². The number of anilines is 1. The molecular formula is C15H11ClN2O3. The summed E-state index contributed by atoms with van der Waals surface area (Å²) in [5.74, 6) is -0.751. The van der Waals surface area contributed by atoms with Gasteiger partial charge in [-0.2, -0.15) is 0 Å². The molecule has 2 amide bonds. The van der Waals surface area contributed by atoms with E-state index in [1.807, 2.05) is 0 Å². The summed E-state index contributed by atoms with van der Waals surface area (Å²) >= 11 is 5.84. The lowest BCUT2D eigenvalue weighted by Gasteiger charge is -2.09. The Morgan fingerprint density at radius 3 is 2.67 bits per heavy atom. The summed E-state index contributed by atoms with van der Waals surface area (Å²) < 4.78 is 0. The highest BCUT2D eigenvalue weighted by Gasteiger charge is 2.26. The van der Waals surface area contributed by atoms with Crippen molar-refractivity contribution in [3.8, 4) is 5.75 Å². The number of nitrogens with one attached hydrogen (secondary N) is 2. The number of aromatic hydroxyl groups is 1. The fourth-order valence-corrected chi connectivity index (χ4v) is 2.37. The topological polar surface area (TPSA) is 78.4 Å². The third-order valence-corrected chi connectivity index (χ3v) is 3.59. The lowest BCUT2D eigenvalue weighted by molar-refractivity contribution is 0.0879. The zero-order valence-corrected chi connectivity index (χ0v) is 11.6. The van der Waals surface area contributed by atoms with E-state index in [0.717, 1.165) is 0 Å². The van der Waals surface area contributed by atoms with Crippen molar-refractivity contribution in [2.75, 3.05) is 5.32 Å². The molecule has 1 heterocycles. The third-order valence-electron chi connectivity index (χ3n) is 3.29. The van der Waals surface area contributed by atoms with Crippen LogP contribution in [-0.4, -0.2) is 16.9 Å². The number of amides is 2. The van der Waals surface area contributed by atoms with Crippen molar-refractivity contribution in [1.82, 2.24) is 5.32 Å². The molecule has 0 atom stereocenters. The molecule has 0 radical (unpaired) electrons. The molecule has 1 aliphatic rings. The number of para-hydroxylation sites is 1. The standard InChI is InChI=1S/C15H11ClN2O3/c16-12-3-1-2-8(13(12)19)7-17-9-4-5-10-11(6-9)15(21)18-14(10)20/h1-6,17,19H,7H2,(H,18,20,21). The fourth-order valence-electron chi connectivity index (χ4n) is 2.18. The number of hydrogen-bond donors (Lipinski definition) is 3. The Balaban J connectivity index is 1.81. The number of carbonyl (C=O) groups is 2. The highest BCUT2D eigenvalue weighted by Crippen LogP contribution is 2.28. The van der Waals surface area contributed by atoms with Crippen LogP contribution >= 0.6 is 11.6 Å². The first kappa shape index (κ1) is 13.5. The van der Waals surface area contributed by atoms with E-state index in [1.165, 1.54) is 0 Å². The first-order chi connectivity index (χ1) is 10.1. The van der Waals surface area contributed by atoms with Gasteiger partial charge in [-0.05, 0) is 24.3 Å². The van der Waals surface area contributed by atoms with Crippen LogP contribution in [0.1, 0.15) is 26.3 Å². The van der Waals surface area contributed by atoms with Gasteiger partial charge in [-0.1, -0.05) is 23.7 Å². The van der Waals surface area contributed by atoms with Crippen molar-refractivity contribution in [2.45, 2.75) is 6.54 Å². The minimum atomic E-state index is -0.399. The molecule has 3 N–H and O–H groups in total. The molecule has 0 fully saturated rings. The van der Waals surface area contributed by atoms with E-state index in [-0.39, 0.29) is 16.7 Å². The van der Waals surface area contributed by atoms with Gasteiger partial charge in [0, 0.05) is 17.8 Å². The summed E-state index contributed by atoms with van der Waals surface area (Å²) in [5, 5.41) is 15.4. The maximum atomic E-state index is 11.6. The number of phenols is 1. The molecule has 0 saturated heterocycles. The normalized spacial score (nSPS) is 13.0. The van der Waals surface area contributed by atoms with Gasteiger partial charge in [0.25, 0.3) is 11.8 Å². The zero-order valence-electron chi connectivity index (χ0n) is 10.8. The number of rotatable bonds is 3. The van der Waals surface area contributed by atoms with Crippen molar-refractivity contribution < 1.29 is 14.7 Å². The Morgan fingerprint density at radius 1 is 1.10 bits per heavy atom. The Kier molecular flexibility index (Phi) is 3.27. The smallest absolute Gasteiger partial charge is 0.259 e. The molecule has 2 aromatic carbocycles. The highest BCUT2D eigenvalue weighted by molar-refractivity contribution is 6.32. The maximum absolute atomic E-state index is 11.6. The summed E-state index contributed by atoms with van der Waals surface area (Å²) in [5.41, 5.74) is 2.04. The Hall–Kier alpha value is -2.53. The SMILES string of the molecule is O=C1NC(=O)c2cc(NCc3cccc(Cl)c3O)ccc21. The molecule has 0 bridgehead atoms. The minimum absolute atomic E-state index is 0.0285. The van der Waals surface area contributed by atoms with Crippen LogP contribution in [0.2, 0.25) is 5.02 Å². The number of imide groups is 1. The van der Waals surface area contributed by atoms with Gasteiger partial charge in [0.2, 0.25) is 0 Å². The molecule has 0 unspecified atom stereocenters. The molecule has 0 aromatic heterocycles. The second-order valence-corrected chi connectivity index (χ2v) is 5.05. The van der Waals surface area contributed by atoms with E-state index < -0.39 is 5.91 Å². The van der Waals surface area contributed by atoms with Crippen molar-refractivity contribution in [3.63, 3.8) is 0 Å². The van der Waals surface area contributed by atoms with Gasteiger partial charge >= 0.3 is 0 Å². The van der Waals surface area contributed by atoms with Gasteiger partial charge in [0.05, 0.1) is 16.1 Å². The fraction of sp³-hybridized carbons (Fsp3) is 0.0667. The van der Waals surface area contributed by atoms with Gasteiger partial charge in [-0.25, -0.2) is 0 Å². The van der Waals surface area contributed by atoms with Crippen LogP contribution in [0.4, 0.5) is 5.69 Å². The molecule has 0 saturated carbocycles. The Bertz CT molecular complexity index is 759. The number of fused-ring (bicyclic) bond motifs is 1. The van der Waals surface area contributed by atoms with E-state index in [0.29, 0.717) is 28.9 Å². The summed E-state index contributed by atoms with van der Waals surface area (Å²) in [7, 11) is 0. The minimum Gasteiger partial charge on any atom is -0.506 e. The number of phenolic OH excluding ortho intramolecular Hbond substituents is 1. The second-order valence-electron chi connectivity index (χ2n) is 4.64. The van der Waals surface area contributed by atoms with Gasteiger partial charge in [-0.3, -0.25) is 14.9 Å². The average Bonchev–Trinajstić information content (AvgIpc) is 2.75. The van der Waals surface area contributed by atoms with E-state index in [9.17, 15) is 14.7 Å². The van der Waals surface area contributed by atoms with Crippen molar-refractivity contribution >= 4 is 29.1 Å². The Labute approximate surface area is 125 Å². The van der Waals surface area contributed by atoms with Crippen LogP contribution in [0, 0.1) is 0 Å². The predicted octanol–water partition coefficient (Wildman–Crippen LogP) is 2.54. The van der Waals surface area contributed by atoms with Crippen LogP contribution in [0.15, 0.2) is 36.4 Å². The molecular weight excluding hydrogens is 292 g/mol. The van der Waals surface area contributed by atoms with Gasteiger partial charge in [0.1, 0.15) is 5.75 Å². The second kappa shape index (κ2) is 5.10. The summed E-state index contributed by atoms with van der Waals surface area (Å²) in [6.07, 6.45) is 0. The van der Waals surface area contributed by atoms with Crippen LogP contribution < -0.4 is 10.6 Å². The van der Waals surface area contributed by atoms with Gasteiger partial charge in [0.15, 0.2) is 0 Å². The van der Waals surface area contributed by atoms with Crippen molar-refractivity contribution in [3.05, 3.63) is 58.1 Å². The molecule has 5 nitrogen and oxygen atoms in total. The van der Waals surface area contributed by atoms with Crippen LogP contribution in [0.3, 0.4) is 0 Å². The van der Waals surface area contributed by atoms with Crippen LogP contribution in [-0.2, 0) is 6.54 Å². The number of hydrogen-bond acceptors (Lipinski definition) is 4. The predicted molar refractivity (Wildman–Crippen MR) is 78.7 cm³/mol. The lowest BCUT2D eigenvalue weighted by Crippen LogP contribution is -2.19. The molecule has 106 valence electrons. The lowest BCUT2D eigenvalue weighted by atomic mass is 10.1. The molecule has 3 rings (SSSR count). The third kappa shape index (κ3) is 2.43. The first-order valence-electron chi connectivity index (χ1n) is 6.26. The van der Waals surface area contributed by atoms with Gasteiger partial charge < -0.3 is 10.4 Å². The number of benzene rings is 2. The average molecular weight is 303 g/mol. The summed E-state index contributed by atoms with van der Waals surface area (Å²) in [6.45, 7) is 0.348. The molecule has 21 heavy (non-hydrogen) atoms. The molecule has 1 aliphatic heterocycles. The molecule has 0 aliphatic carbocycles. The summed E-state index contributed by atoms with van der Waals surface area (Å²) in [4.78, 5) is 23.0. The zero-order chi connectivity index (χ0) is 15.0. The van der Waals surface area contributed by atoms with E-state index in [4.69, 9.17) is 11.6 Å². The van der Waals surface area contributed by atoms with Crippen LogP contribution in [0.25, 0.3) is 0 Å². The number of halogens is 1. The molecule has 2 aromatic rings. The maximum Gasteiger partial charge on any atom is 0.259 e. The van der Waals surface area contributed by atoms with E-state index in [1.54, 1.807) is 36.4 Å². The first-order valence-corrected chi connectivity index (χ1v) is 6.64. The number of carbonyl (C=O) groups excluding carboxylic acids is 2. The largest absolute Gasteiger partial charge is 0.506 e.